The van der Waals surface area contributed by atoms with Gasteiger partial charge in [-0.15, -0.1) is 0 Å². The van der Waals surface area contributed by atoms with Gasteiger partial charge in [0.2, 0.25) is 0 Å². The summed E-state index contributed by atoms with van der Waals surface area (Å²) in [5, 5.41) is 0. The number of ether oxygens (including phenoxy) is 1. The number of carbonyl (C=O) groups is 1. The van der Waals surface area contributed by atoms with Gasteiger partial charge in [-0.3, -0.25) is 9.36 Å². The maximum atomic E-state index is 10.6. The molecule has 0 fully saturated rings. The molecule has 0 saturated heterocycles. The summed E-state index contributed by atoms with van der Waals surface area (Å²) in [4.78, 5) is 27.3. The molecule has 0 radical (unpaired) electrons. The summed E-state index contributed by atoms with van der Waals surface area (Å²) in [5.41, 5.74) is 0. The van der Waals surface area contributed by atoms with E-state index in [2.05, 4.69) is 4.74 Å². The number of hydrogen-bond donors (Lipinski definition) is 2. The van der Waals surface area contributed by atoms with Crippen LogP contribution in [0.2, 0.25) is 0 Å². The molecule has 0 atom stereocenters. The van der Waals surface area contributed by atoms with Gasteiger partial charge in [0.25, 0.3) is 0 Å². The molecular formula is C6H13O5P. The fourth-order valence-corrected chi connectivity index (χ4v) is 0.972. The minimum absolute atomic E-state index is 0.231. The number of esters is 1. The third-order valence-corrected chi connectivity index (χ3v) is 1.77. The average molecular weight is 196 g/mol. The van der Waals surface area contributed by atoms with Crippen molar-refractivity contribution in [1.82, 2.24) is 0 Å². The van der Waals surface area contributed by atoms with Gasteiger partial charge >= 0.3 is 13.6 Å². The van der Waals surface area contributed by atoms with Crippen LogP contribution >= 0.6 is 7.60 Å². The molecule has 0 saturated carbocycles. The van der Waals surface area contributed by atoms with Crippen molar-refractivity contribution in [2.24, 2.45) is 0 Å². The molecule has 0 aliphatic rings. The highest BCUT2D eigenvalue weighted by Crippen LogP contribution is 2.33. The summed E-state index contributed by atoms with van der Waals surface area (Å²) in [6, 6.07) is 0. The first-order valence-electron chi connectivity index (χ1n) is 3.66. The van der Waals surface area contributed by atoms with Gasteiger partial charge < -0.3 is 14.5 Å². The van der Waals surface area contributed by atoms with Gasteiger partial charge in [-0.1, -0.05) is 13.3 Å². The average Bonchev–Trinajstić information content (AvgIpc) is 1.84. The van der Waals surface area contributed by atoms with Gasteiger partial charge in [0.15, 0.2) is 0 Å². The van der Waals surface area contributed by atoms with Crippen molar-refractivity contribution in [1.29, 1.82) is 0 Å². The zero-order chi connectivity index (χ0) is 9.61. The molecule has 0 aliphatic heterocycles. The highest BCUT2D eigenvalue weighted by Gasteiger charge is 2.19. The Labute approximate surface area is 70.9 Å². The molecular weight excluding hydrogens is 183 g/mol. The summed E-state index contributed by atoms with van der Waals surface area (Å²) in [6.45, 7) is 2.16. The normalized spacial score (nSPS) is 11.2. The Morgan fingerprint density at radius 1 is 1.50 bits per heavy atom. The van der Waals surface area contributed by atoms with Crippen molar-refractivity contribution in [3.05, 3.63) is 0 Å². The summed E-state index contributed by atoms with van der Waals surface area (Å²) in [7, 11) is -4.25. The third kappa shape index (κ3) is 7.72. The largest absolute Gasteiger partial charge is 0.465 e. The lowest BCUT2D eigenvalue weighted by molar-refractivity contribution is -0.140. The van der Waals surface area contributed by atoms with E-state index in [4.69, 9.17) is 9.79 Å². The fourth-order valence-electron chi connectivity index (χ4n) is 0.544. The van der Waals surface area contributed by atoms with E-state index >= 15 is 0 Å². The summed E-state index contributed by atoms with van der Waals surface area (Å²) in [5.74, 6) is -0.836. The van der Waals surface area contributed by atoms with Gasteiger partial charge in [-0.05, 0) is 6.42 Å². The van der Waals surface area contributed by atoms with Gasteiger partial charge in [-0.2, -0.15) is 0 Å². The van der Waals surface area contributed by atoms with Crippen LogP contribution in [0.3, 0.4) is 0 Å². The van der Waals surface area contributed by atoms with Crippen molar-refractivity contribution in [3.8, 4) is 0 Å². The SMILES string of the molecule is CCCCOC(=O)CP(=O)(O)O. The van der Waals surface area contributed by atoms with E-state index in [1.54, 1.807) is 0 Å². The molecule has 0 spiro atoms. The lowest BCUT2D eigenvalue weighted by Gasteiger charge is -2.04. The second kappa shape index (κ2) is 5.30. The first-order chi connectivity index (χ1) is 5.45. The van der Waals surface area contributed by atoms with Crippen LogP contribution in [0.1, 0.15) is 19.8 Å². The molecule has 5 nitrogen and oxygen atoms in total. The zero-order valence-electron chi connectivity index (χ0n) is 6.89. The maximum Gasteiger partial charge on any atom is 0.336 e. The third-order valence-electron chi connectivity index (χ3n) is 1.10. The van der Waals surface area contributed by atoms with E-state index < -0.39 is 19.7 Å². The minimum atomic E-state index is -4.25. The molecule has 0 rings (SSSR count). The van der Waals surface area contributed by atoms with Crippen molar-refractivity contribution < 1.29 is 23.9 Å². The van der Waals surface area contributed by atoms with E-state index in [1.165, 1.54) is 0 Å². The molecule has 0 amide bonds. The van der Waals surface area contributed by atoms with Crippen LogP contribution in [-0.4, -0.2) is 28.5 Å². The Morgan fingerprint density at radius 2 is 2.08 bits per heavy atom. The van der Waals surface area contributed by atoms with E-state index in [1.807, 2.05) is 6.92 Å². The van der Waals surface area contributed by atoms with Gasteiger partial charge in [-0.25, -0.2) is 0 Å². The van der Waals surface area contributed by atoms with Gasteiger partial charge in [0.05, 0.1) is 6.61 Å². The summed E-state index contributed by atoms with van der Waals surface area (Å²) in [6.07, 6.45) is 0.771. The number of rotatable bonds is 5. The quantitative estimate of drug-likeness (QED) is 0.380. The van der Waals surface area contributed by atoms with E-state index in [0.29, 0.717) is 6.42 Å². The monoisotopic (exact) mass is 196 g/mol. The highest BCUT2D eigenvalue weighted by molar-refractivity contribution is 7.52. The second-order valence-corrected chi connectivity index (χ2v) is 4.04. The van der Waals surface area contributed by atoms with E-state index in [0.717, 1.165) is 6.42 Å². The minimum Gasteiger partial charge on any atom is -0.465 e. The van der Waals surface area contributed by atoms with Gasteiger partial charge in [0, 0.05) is 0 Å². The Kier molecular flexibility index (Phi) is 5.13. The molecule has 0 aromatic carbocycles. The highest BCUT2D eigenvalue weighted by atomic mass is 31.2. The molecule has 0 heterocycles. The van der Waals surface area contributed by atoms with Crippen molar-refractivity contribution in [2.45, 2.75) is 19.8 Å². The smallest absolute Gasteiger partial charge is 0.336 e. The molecule has 12 heavy (non-hydrogen) atoms. The number of unbranched alkanes of at least 4 members (excludes halogenated alkanes) is 1. The van der Waals surface area contributed by atoms with E-state index in [9.17, 15) is 9.36 Å². The Bertz CT molecular complexity index is 184. The first kappa shape index (κ1) is 11.6. The van der Waals surface area contributed by atoms with Crippen LogP contribution in [0, 0.1) is 0 Å². The molecule has 0 aliphatic carbocycles. The fraction of sp³-hybridized carbons (Fsp3) is 0.833. The lowest BCUT2D eigenvalue weighted by atomic mass is 10.4. The molecule has 2 N–H and O–H groups in total. The molecule has 0 bridgehead atoms. The molecule has 0 aromatic rings. The second-order valence-electron chi connectivity index (χ2n) is 2.40. The van der Waals surface area contributed by atoms with Crippen LogP contribution < -0.4 is 0 Å². The van der Waals surface area contributed by atoms with Gasteiger partial charge in [0.1, 0.15) is 6.16 Å². The predicted octanol–water partition coefficient (Wildman–Crippen LogP) is 0.507. The van der Waals surface area contributed by atoms with Crippen LogP contribution in [0.25, 0.3) is 0 Å². The van der Waals surface area contributed by atoms with Crippen molar-refractivity contribution in [3.63, 3.8) is 0 Å². The predicted molar refractivity (Wildman–Crippen MR) is 42.8 cm³/mol. The number of carbonyl (C=O) groups excluding carboxylic acids is 1. The van der Waals surface area contributed by atoms with Crippen LogP contribution in [-0.2, 0) is 14.1 Å². The molecule has 0 aromatic heterocycles. The Hall–Kier alpha value is -0.380. The first-order valence-corrected chi connectivity index (χ1v) is 5.45. The van der Waals surface area contributed by atoms with E-state index in [-0.39, 0.29) is 6.61 Å². The summed E-state index contributed by atoms with van der Waals surface area (Å²) >= 11 is 0. The maximum absolute atomic E-state index is 10.6. The zero-order valence-corrected chi connectivity index (χ0v) is 7.79. The Morgan fingerprint density at radius 3 is 2.50 bits per heavy atom. The van der Waals surface area contributed by atoms with Crippen molar-refractivity contribution in [2.75, 3.05) is 12.8 Å². The molecule has 0 unspecified atom stereocenters. The van der Waals surface area contributed by atoms with Crippen molar-refractivity contribution >= 4 is 13.6 Å². The topological polar surface area (TPSA) is 83.8 Å². The molecule has 6 heteroatoms. The lowest BCUT2D eigenvalue weighted by Crippen LogP contribution is -2.10. The molecule has 72 valence electrons. The standard InChI is InChI=1S/C6H13O5P/c1-2-3-4-11-6(7)5-12(8,9)10/h2-5H2,1H3,(H2,8,9,10). The van der Waals surface area contributed by atoms with Crippen LogP contribution in [0.5, 0.6) is 0 Å². The van der Waals surface area contributed by atoms with Crippen LogP contribution in [0.15, 0.2) is 0 Å². The Balaban J connectivity index is 3.54. The summed E-state index contributed by atoms with van der Waals surface area (Å²) < 4.78 is 14.8. The number of hydrogen-bond acceptors (Lipinski definition) is 3. The van der Waals surface area contributed by atoms with Crippen LogP contribution in [0.4, 0.5) is 0 Å².